The number of nitrogens with zero attached hydrogens (tertiary/aromatic N) is 1. The molecule has 0 atom stereocenters. The Balaban J connectivity index is 0.000000452. The molecule has 0 amide bonds. The Morgan fingerprint density at radius 2 is 1.51 bits per heavy atom. The predicted octanol–water partition coefficient (Wildman–Crippen LogP) is 10.6. The summed E-state index contributed by atoms with van der Waals surface area (Å²) in [5.41, 5.74) is 10.7. The first-order valence-electron chi connectivity index (χ1n) is 14.6. The molecule has 0 aliphatic heterocycles. The molecule has 2 heterocycles. The Labute approximate surface area is 276 Å². The summed E-state index contributed by atoms with van der Waals surface area (Å²) < 4.78 is 6.27. The summed E-state index contributed by atoms with van der Waals surface area (Å²) in [7, 11) is 0. The number of aryl methyl sites for hydroxylation is 2. The molecule has 45 heavy (non-hydrogen) atoms. The molecule has 225 valence electrons. The number of aliphatic hydroxyl groups is 1. The van der Waals surface area contributed by atoms with Gasteiger partial charge in [0, 0.05) is 37.8 Å². The monoisotopic (exact) mass is 767 g/mol. The first-order valence-corrected chi connectivity index (χ1v) is 14.6. The average molecular weight is 767 g/mol. The SMILES string of the molecule is CC(=O)/C=C(/C)O.Cc1cnc(-c2[c-]ccc3c2oc2ccccc23)cc1-c1cc2ccc(-c3ccccc3)cc2cc1C.[Ir]. The van der Waals surface area contributed by atoms with Crippen molar-refractivity contribution in [2.75, 3.05) is 0 Å². The minimum atomic E-state index is -0.125. The van der Waals surface area contributed by atoms with Crippen molar-refractivity contribution in [3.8, 4) is 33.5 Å². The van der Waals surface area contributed by atoms with Crippen molar-refractivity contribution in [1.29, 1.82) is 0 Å². The fraction of sp³-hybridized carbons (Fsp3) is 0.100. The van der Waals surface area contributed by atoms with Crippen molar-refractivity contribution in [2.24, 2.45) is 0 Å². The van der Waals surface area contributed by atoms with Crippen molar-refractivity contribution in [2.45, 2.75) is 27.7 Å². The van der Waals surface area contributed by atoms with E-state index in [1.54, 1.807) is 0 Å². The molecule has 0 bridgehead atoms. The van der Waals surface area contributed by atoms with Crippen LogP contribution in [0.15, 0.2) is 126 Å². The summed E-state index contributed by atoms with van der Waals surface area (Å²) in [6.07, 6.45) is 3.13. The minimum absolute atomic E-state index is 0. The maximum atomic E-state index is 10.0. The van der Waals surface area contributed by atoms with Gasteiger partial charge in [-0.05, 0) is 95.7 Å². The molecule has 5 aromatic carbocycles. The third kappa shape index (κ3) is 6.66. The van der Waals surface area contributed by atoms with Gasteiger partial charge in [0.05, 0.1) is 11.3 Å². The standard InChI is InChI=1S/C35H24NO.C5H8O2.Ir/c1-22-17-27-18-25(24-9-4-3-5-10-24)15-16-26(27)19-31(22)32-20-33(36-21-23(32)2)30-13-8-12-29-28-11-6-7-14-34(28)37-35(29)30;1-4(6)3-5(2)7;/h3-12,14-21H,1-2H3;3,6H,1-2H3;/q-1;;/b;4-3-;. The summed E-state index contributed by atoms with van der Waals surface area (Å²) in [5, 5.41) is 13.0. The van der Waals surface area contributed by atoms with Crippen LogP contribution >= 0.6 is 0 Å². The van der Waals surface area contributed by atoms with Gasteiger partial charge in [0.1, 0.15) is 5.58 Å². The van der Waals surface area contributed by atoms with E-state index in [1.165, 1.54) is 58.5 Å². The van der Waals surface area contributed by atoms with Crippen LogP contribution in [0, 0.1) is 19.9 Å². The van der Waals surface area contributed by atoms with Gasteiger partial charge in [0.25, 0.3) is 0 Å². The van der Waals surface area contributed by atoms with Gasteiger partial charge in [0.2, 0.25) is 0 Å². The number of fused-ring (bicyclic) bond motifs is 4. The average Bonchev–Trinajstić information content (AvgIpc) is 3.40. The Morgan fingerprint density at radius 1 is 0.778 bits per heavy atom. The van der Waals surface area contributed by atoms with Crippen LogP contribution in [0.1, 0.15) is 25.0 Å². The van der Waals surface area contributed by atoms with Crippen LogP contribution in [0.4, 0.5) is 0 Å². The zero-order valence-electron chi connectivity index (χ0n) is 25.5. The molecule has 0 fully saturated rings. The second-order valence-corrected chi connectivity index (χ2v) is 11.1. The molecule has 0 saturated carbocycles. The van der Waals surface area contributed by atoms with E-state index in [0.29, 0.717) is 0 Å². The second-order valence-electron chi connectivity index (χ2n) is 11.1. The fourth-order valence-electron chi connectivity index (χ4n) is 5.64. The summed E-state index contributed by atoms with van der Waals surface area (Å²) in [6, 6.07) is 39.6. The molecular formula is C40H32IrNO3-. The van der Waals surface area contributed by atoms with Crippen LogP contribution in [0.2, 0.25) is 0 Å². The van der Waals surface area contributed by atoms with Crippen molar-refractivity contribution < 1.29 is 34.4 Å². The largest absolute Gasteiger partial charge is 0.512 e. The van der Waals surface area contributed by atoms with E-state index in [1.807, 2.05) is 30.5 Å². The smallest absolute Gasteiger partial charge is 0.155 e. The van der Waals surface area contributed by atoms with Crippen LogP contribution in [-0.2, 0) is 24.9 Å². The number of aromatic nitrogens is 1. The van der Waals surface area contributed by atoms with Crippen molar-refractivity contribution in [3.63, 3.8) is 0 Å². The molecule has 4 nitrogen and oxygen atoms in total. The van der Waals surface area contributed by atoms with E-state index in [2.05, 4.69) is 98.8 Å². The fourth-order valence-corrected chi connectivity index (χ4v) is 5.64. The third-order valence-corrected chi connectivity index (χ3v) is 7.69. The number of carbonyl (C=O) groups is 1. The minimum Gasteiger partial charge on any atom is -0.512 e. The molecule has 0 aliphatic carbocycles. The maximum Gasteiger partial charge on any atom is 0.155 e. The summed E-state index contributed by atoms with van der Waals surface area (Å²) >= 11 is 0. The number of carbonyl (C=O) groups excluding carboxylic acids is 1. The predicted molar refractivity (Wildman–Crippen MR) is 181 cm³/mol. The topological polar surface area (TPSA) is 63.3 Å². The summed E-state index contributed by atoms with van der Waals surface area (Å²) in [6.45, 7) is 7.16. The van der Waals surface area contributed by atoms with Crippen LogP contribution in [0.3, 0.4) is 0 Å². The van der Waals surface area contributed by atoms with E-state index >= 15 is 0 Å². The van der Waals surface area contributed by atoms with E-state index in [9.17, 15) is 4.79 Å². The first-order chi connectivity index (χ1) is 21.3. The van der Waals surface area contributed by atoms with Gasteiger partial charge in [-0.1, -0.05) is 83.7 Å². The number of furan rings is 1. The molecular weight excluding hydrogens is 735 g/mol. The Hall–Kier alpha value is -4.83. The second kappa shape index (κ2) is 13.4. The zero-order chi connectivity index (χ0) is 30.8. The van der Waals surface area contributed by atoms with Crippen molar-refractivity contribution >= 4 is 38.5 Å². The third-order valence-electron chi connectivity index (χ3n) is 7.69. The van der Waals surface area contributed by atoms with Crippen LogP contribution in [-0.4, -0.2) is 15.9 Å². The molecule has 1 N–H and O–H groups in total. The Bertz CT molecular complexity index is 2190. The van der Waals surface area contributed by atoms with Gasteiger partial charge < -0.3 is 14.5 Å². The van der Waals surface area contributed by atoms with Crippen LogP contribution in [0.5, 0.6) is 0 Å². The number of hydrogen-bond acceptors (Lipinski definition) is 4. The van der Waals surface area contributed by atoms with E-state index in [4.69, 9.17) is 14.5 Å². The van der Waals surface area contributed by atoms with Gasteiger partial charge in [-0.2, -0.15) is 0 Å². The molecule has 0 unspecified atom stereocenters. The first kappa shape index (κ1) is 31.6. The van der Waals surface area contributed by atoms with Gasteiger partial charge in [-0.3, -0.25) is 4.79 Å². The number of para-hydroxylation sites is 1. The quantitative estimate of drug-likeness (QED) is 0.110. The molecule has 7 aromatic rings. The van der Waals surface area contributed by atoms with Gasteiger partial charge >= 0.3 is 0 Å². The molecule has 0 spiro atoms. The molecule has 2 aromatic heterocycles. The number of allylic oxidation sites excluding steroid dienone is 2. The summed E-state index contributed by atoms with van der Waals surface area (Å²) in [4.78, 5) is 14.8. The van der Waals surface area contributed by atoms with Crippen LogP contribution < -0.4 is 0 Å². The molecule has 5 heteroatoms. The Morgan fingerprint density at radius 3 is 2.24 bits per heavy atom. The van der Waals surface area contributed by atoms with Gasteiger partial charge in [-0.25, -0.2) is 0 Å². The molecule has 7 rings (SSSR count). The maximum absolute atomic E-state index is 10.0. The van der Waals surface area contributed by atoms with Gasteiger partial charge in [0.15, 0.2) is 5.78 Å². The van der Waals surface area contributed by atoms with Crippen LogP contribution in [0.25, 0.3) is 66.2 Å². The number of ketones is 1. The van der Waals surface area contributed by atoms with E-state index < -0.39 is 0 Å². The number of benzene rings is 5. The van der Waals surface area contributed by atoms with E-state index in [0.717, 1.165) is 38.8 Å². The Kier molecular flexibility index (Phi) is 9.43. The van der Waals surface area contributed by atoms with E-state index in [-0.39, 0.29) is 31.6 Å². The number of rotatable bonds is 4. The summed E-state index contributed by atoms with van der Waals surface area (Å²) in [5.74, 6) is -0.0625. The van der Waals surface area contributed by atoms with Gasteiger partial charge in [-0.15, -0.1) is 18.2 Å². The number of hydrogen-bond donors (Lipinski definition) is 1. The van der Waals surface area contributed by atoms with Crippen molar-refractivity contribution in [1.82, 2.24) is 4.98 Å². The number of pyridine rings is 1. The van der Waals surface area contributed by atoms with Crippen molar-refractivity contribution in [3.05, 3.63) is 138 Å². The molecule has 0 saturated heterocycles. The molecule has 0 aliphatic rings. The molecule has 1 radical (unpaired) electrons. The zero-order valence-corrected chi connectivity index (χ0v) is 27.9. The number of aliphatic hydroxyl groups excluding tert-OH is 1. The normalized spacial score (nSPS) is 11.2.